The van der Waals surface area contributed by atoms with Crippen LogP contribution in [0.25, 0.3) is 10.2 Å². The number of hydrazone groups is 1. The van der Waals surface area contributed by atoms with Crippen LogP contribution in [0, 0.1) is 6.92 Å². The van der Waals surface area contributed by atoms with Gasteiger partial charge in [-0.25, -0.2) is 9.97 Å². The molecule has 0 aliphatic heterocycles. The molecule has 1 aromatic carbocycles. The lowest BCUT2D eigenvalue weighted by Gasteiger charge is -2.11. The highest BCUT2D eigenvalue weighted by molar-refractivity contribution is 7.19. The van der Waals surface area contributed by atoms with Gasteiger partial charge in [-0.3, -0.25) is 5.43 Å². The number of phenolic OH excluding ortho intramolecular Hbond substituents is 1. The second-order valence-corrected chi connectivity index (χ2v) is 7.62. The minimum absolute atomic E-state index is 0.125. The average molecular weight is 382 g/mol. The van der Waals surface area contributed by atoms with Crippen LogP contribution in [0.1, 0.15) is 41.6 Å². The lowest BCUT2D eigenvalue weighted by Crippen LogP contribution is -2.02. The van der Waals surface area contributed by atoms with E-state index in [9.17, 15) is 5.11 Å². The highest BCUT2D eigenvalue weighted by atomic mass is 32.1. The minimum Gasteiger partial charge on any atom is -0.504 e. The van der Waals surface area contributed by atoms with Crippen LogP contribution in [-0.2, 0) is 12.8 Å². The predicted molar refractivity (Wildman–Crippen MR) is 109 cm³/mol. The van der Waals surface area contributed by atoms with E-state index in [1.54, 1.807) is 35.8 Å². The third-order valence-corrected chi connectivity index (χ3v) is 5.78. The molecule has 0 bridgehead atoms. The number of benzene rings is 1. The Labute approximate surface area is 161 Å². The Morgan fingerprint density at radius 2 is 2.15 bits per heavy atom. The van der Waals surface area contributed by atoms with E-state index >= 15 is 0 Å². The second-order valence-electron chi connectivity index (χ2n) is 6.54. The van der Waals surface area contributed by atoms with Crippen LogP contribution in [-0.4, -0.2) is 27.9 Å². The lowest BCUT2D eigenvalue weighted by molar-refractivity contribution is 0.318. The molecule has 27 heavy (non-hydrogen) atoms. The highest BCUT2D eigenvalue weighted by Gasteiger charge is 2.20. The summed E-state index contributed by atoms with van der Waals surface area (Å²) >= 11 is 1.78. The number of hydrogen-bond acceptors (Lipinski definition) is 7. The van der Waals surface area contributed by atoms with Crippen molar-refractivity contribution in [1.29, 1.82) is 0 Å². The van der Waals surface area contributed by atoms with Gasteiger partial charge >= 0.3 is 0 Å². The van der Waals surface area contributed by atoms with E-state index in [0.717, 1.165) is 40.3 Å². The molecule has 0 radical (unpaired) electrons. The smallest absolute Gasteiger partial charge is 0.161 e. The van der Waals surface area contributed by atoms with Gasteiger partial charge in [0.1, 0.15) is 10.7 Å². The highest BCUT2D eigenvalue weighted by Crippen LogP contribution is 2.38. The van der Waals surface area contributed by atoms with Crippen molar-refractivity contribution < 1.29 is 9.84 Å². The Morgan fingerprint density at radius 1 is 1.30 bits per heavy atom. The number of nitrogens with zero attached hydrogens (tertiary/aromatic N) is 3. The number of phenols is 1. The summed E-state index contributed by atoms with van der Waals surface area (Å²) in [6, 6.07) is 5.15. The predicted octanol–water partition coefficient (Wildman–Crippen LogP) is 4.43. The standard InChI is InChI=1S/C20H22N4O2S/c1-3-26-16-10-13(8-9-15(16)25)11-21-24-19-18-14-6-4-5-7-17(14)27-20(18)23-12(2)22-19/h8-11,25H,3-7H2,1-2H3,(H,22,23,24)/b21-11+. The summed E-state index contributed by atoms with van der Waals surface area (Å²) < 4.78 is 5.42. The summed E-state index contributed by atoms with van der Waals surface area (Å²) in [4.78, 5) is 11.7. The maximum Gasteiger partial charge on any atom is 0.161 e. The van der Waals surface area contributed by atoms with Gasteiger partial charge in [-0.05, 0) is 68.9 Å². The molecular formula is C20H22N4O2S. The van der Waals surface area contributed by atoms with Gasteiger partial charge in [-0.1, -0.05) is 0 Å². The topological polar surface area (TPSA) is 79.6 Å². The van der Waals surface area contributed by atoms with Crippen LogP contribution in [0.15, 0.2) is 23.3 Å². The number of aryl methyl sites for hydroxylation is 3. The molecule has 1 aliphatic carbocycles. The number of rotatable bonds is 5. The first-order valence-electron chi connectivity index (χ1n) is 9.19. The Hall–Kier alpha value is -2.67. The molecule has 0 fully saturated rings. The molecule has 0 saturated heterocycles. The van der Waals surface area contributed by atoms with Crippen molar-refractivity contribution in [2.45, 2.75) is 39.5 Å². The molecular weight excluding hydrogens is 360 g/mol. The molecule has 0 spiro atoms. The van der Waals surface area contributed by atoms with Gasteiger partial charge in [0.2, 0.25) is 0 Å². The van der Waals surface area contributed by atoms with Gasteiger partial charge in [-0.2, -0.15) is 5.10 Å². The number of ether oxygens (including phenoxy) is 1. The molecule has 0 amide bonds. The van der Waals surface area contributed by atoms with Gasteiger partial charge < -0.3 is 9.84 Å². The Kier molecular flexibility index (Phi) is 4.94. The minimum atomic E-state index is 0.125. The molecule has 0 saturated carbocycles. The number of hydrogen-bond donors (Lipinski definition) is 2. The Balaban J connectivity index is 1.63. The summed E-state index contributed by atoms with van der Waals surface area (Å²) in [7, 11) is 0. The normalized spacial score (nSPS) is 13.9. The molecule has 6 nitrogen and oxygen atoms in total. The first-order chi connectivity index (χ1) is 13.2. The van der Waals surface area contributed by atoms with E-state index in [1.807, 2.05) is 13.8 Å². The zero-order valence-corrected chi connectivity index (χ0v) is 16.3. The maximum atomic E-state index is 9.81. The third kappa shape index (κ3) is 3.60. The van der Waals surface area contributed by atoms with Crippen LogP contribution in [0.4, 0.5) is 5.82 Å². The summed E-state index contributed by atoms with van der Waals surface area (Å²) in [6.07, 6.45) is 6.37. The van der Waals surface area contributed by atoms with Crippen LogP contribution in [0.2, 0.25) is 0 Å². The third-order valence-electron chi connectivity index (χ3n) is 4.59. The van der Waals surface area contributed by atoms with Crippen molar-refractivity contribution in [3.05, 3.63) is 40.0 Å². The second kappa shape index (κ2) is 7.52. The molecule has 0 atom stereocenters. The van der Waals surface area contributed by atoms with Crippen molar-refractivity contribution in [2.75, 3.05) is 12.0 Å². The van der Waals surface area contributed by atoms with E-state index in [-0.39, 0.29) is 5.75 Å². The van der Waals surface area contributed by atoms with Gasteiger partial charge in [0.15, 0.2) is 17.3 Å². The van der Waals surface area contributed by atoms with E-state index in [4.69, 9.17) is 4.74 Å². The zero-order valence-electron chi connectivity index (χ0n) is 15.5. The molecule has 7 heteroatoms. The Morgan fingerprint density at radius 3 is 3.00 bits per heavy atom. The Bertz CT molecular complexity index is 1010. The summed E-state index contributed by atoms with van der Waals surface area (Å²) in [5.41, 5.74) is 5.31. The van der Waals surface area contributed by atoms with Gasteiger partial charge in [-0.15, -0.1) is 11.3 Å². The zero-order chi connectivity index (χ0) is 18.8. The molecule has 2 aromatic heterocycles. The van der Waals surface area contributed by atoms with Crippen LogP contribution >= 0.6 is 11.3 Å². The van der Waals surface area contributed by atoms with E-state index < -0.39 is 0 Å². The molecule has 2 heterocycles. The van der Waals surface area contributed by atoms with Crippen LogP contribution in [0.5, 0.6) is 11.5 Å². The summed E-state index contributed by atoms with van der Waals surface area (Å²) in [6.45, 7) is 4.28. The molecule has 140 valence electrons. The van der Waals surface area contributed by atoms with Crippen LogP contribution < -0.4 is 10.2 Å². The van der Waals surface area contributed by atoms with Gasteiger partial charge in [0, 0.05) is 4.88 Å². The van der Waals surface area contributed by atoms with Crippen LogP contribution in [0.3, 0.4) is 0 Å². The average Bonchev–Trinajstić information content (AvgIpc) is 3.02. The first kappa shape index (κ1) is 17.7. The number of aromatic nitrogens is 2. The number of nitrogens with one attached hydrogen (secondary N) is 1. The van der Waals surface area contributed by atoms with E-state index in [1.165, 1.54) is 23.3 Å². The number of anilines is 1. The van der Waals surface area contributed by atoms with Crippen molar-refractivity contribution in [3.63, 3.8) is 0 Å². The lowest BCUT2D eigenvalue weighted by atomic mass is 9.97. The maximum absolute atomic E-state index is 9.81. The monoisotopic (exact) mass is 382 g/mol. The largest absolute Gasteiger partial charge is 0.504 e. The van der Waals surface area contributed by atoms with E-state index in [2.05, 4.69) is 20.5 Å². The molecule has 4 rings (SSSR count). The SMILES string of the molecule is CCOc1cc(/C=N/Nc2nc(C)nc3sc4c(c23)CCCC4)ccc1O. The molecule has 3 aromatic rings. The van der Waals surface area contributed by atoms with Crippen molar-refractivity contribution in [3.8, 4) is 11.5 Å². The number of aromatic hydroxyl groups is 1. The summed E-state index contributed by atoms with van der Waals surface area (Å²) in [5, 5.41) is 15.3. The van der Waals surface area contributed by atoms with Crippen molar-refractivity contribution in [2.24, 2.45) is 5.10 Å². The fourth-order valence-electron chi connectivity index (χ4n) is 3.40. The number of thiophene rings is 1. The van der Waals surface area contributed by atoms with Crippen molar-refractivity contribution in [1.82, 2.24) is 9.97 Å². The molecule has 1 aliphatic rings. The summed E-state index contributed by atoms with van der Waals surface area (Å²) in [5.74, 6) is 2.08. The fourth-order valence-corrected chi connectivity index (χ4v) is 4.70. The molecule has 2 N–H and O–H groups in total. The van der Waals surface area contributed by atoms with E-state index in [0.29, 0.717) is 12.4 Å². The van der Waals surface area contributed by atoms with Gasteiger partial charge in [0.25, 0.3) is 0 Å². The van der Waals surface area contributed by atoms with Crippen molar-refractivity contribution >= 4 is 33.6 Å². The quantitative estimate of drug-likeness (QED) is 0.504. The molecule has 0 unspecified atom stereocenters. The number of fused-ring (bicyclic) bond motifs is 3. The first-order valence-corrected chi connectivity index (χ1v) is 10.0. The van der Waals surface area contributed by atoms with Gasteiger partial charge in [0.05, 0.1) is 18.2 Å². The fraction of sp³-hybridized carbons (Fsp3) is 0.350.